The van der Waals surface area contributed by atoms with E-state index in [0.717, 1.165) is 55.0 Å². The molecule has 2 aromatic heterocycles. The van der Waals surface area contributed by atoms with Gasteiger partial charge in [0.25, 0.3) is 6.47 Å². The maximum absolute atomic E-state index is 10.5. The Hall–Kier alpha value is -3.02. The van der Waals surface area contributed by atoms with E-state index >= 15 is 0 Å². The average molecular weight is 350 g/mol. The summed E-state index contributed by atoms with van der Waals surface area (Å²) in [4.78, 5) is 20.9. The van der Waals surface area contributed by atoms with Gasteiger partial charge in [-0.25, -0.2) is 4.98 Å². The van der Waals surface area contributed by atoms with Gasteiger partial charge in [-0.2, -0.15) is 0 Å². The number of anilines is 2. The maximum atomic E-state index is 10.5. The Morgan fingerprint density at radius 1 is 1.23 bits per heavy atom. The summed E-state index contributed by atoms with van der Waals surface area (Å²) >= 11 is 0. The summed E-state index contributed by atoms with van der Waals surface area (Å²) in [5, 5.41) is 4.59. The van der Waals surface area contributed by atoms with Crippen LogP contribution in [0, 0.1) is 0 Å². The van der Waals surface area contributed by atoms with Crippen molar-refractivity contribution in [3.8, 4) is 0 Å². The average Bonchev–Trinajstić information content (AvgIpc) is 3.16. The van der Waals surface area contributed by atoms with E-state index in [1.165, 1.54) is 5.56 Å². The van der Waals surface area contributed by atoms with E-state index < -0.39 is 0 Å². The molecule has 0 aliphatic carbocycles. The van der Waals surface area contributed by atoms with Crippen molar-refractivity contribution >= 4 is 29.0 Å². The van der Waals surface area contributed by atoms with Gasteiger partial charge in [0, 0.05) is 44.1 Å². The Morgan fingerprint density at radius 3 is 2.81 bits per heavy atom. The van der Waals surface area contributed by atoms with Crippen molar-refractivity contribution in [3.05, 3.63) is 54.2 Å². The summed E-state index contributed by atoms with van der Waals surface area (Å²) in [7, 11) is 0. The number of ether oxygens (including phenoxy) is 1. The van der Waals surface area contributed by atoms with Crippen LogP contribution in [0.25, 0.3) is 10.9 Å². The summed E-state index contributed by atoms with van der Waals surface area (Å²) in [6.07, 6.45) is 3.63. The number of aromatic nitrogens is 2. The van der Waals surface area contributed by atoms with Crippen LogP contribution >= 0.6 is 0 Å². The Bertz CT molecular complexity index is 870. The number of hydrogen-bond donors (Lipinski definition) is 2. The number of pyridine rings is 1. The number of piperidine rings is 1. The van der Waals surface area contributed by atoms with Crippen LogP contribution in [0.2, 0.25) is 0 Å². The van der Waals surface area contributed by atoms with Gasteiger partial charge >= 0.3 is 0 Å². The molecule has 1 aliphatic rings. The van der Waals surface area contributed by atoms with E-state index in [-0.39, 0.29) is 6.10 Å². The number of nitrogens with zero attached hydrogens (tertiary/aromatic N) is 2. The highest BCUT2D eigenvalue weighted by Crippen LogP contribution is 2.28. The molecule has 3 heterocycles. The molecule has 4 rings (SSSR count). The molecule has 1 fully saturated rings. The summed E-state index contributed by atoms with van der Waals surface area (Å²) < 4.78 is 5.09. The van der Waals surface area contributed by atoms with Gasteiger partial charge in [-0.15, -0.1) is 0 Å². The molecule has 0 saturated carbocycles. The number of nitrogens with one attached hydrogen (secondary N) is 2. The number of fused-ring (bicyclic) bond motifs is 1. The Morgan fingerprint density at radius 2 is 2.04 bits per heavy atom. The number of rotatable bonds is 6. The molecule has 0 bridgehead atoms. The summed E-state index contributed by atoms with van der Waals surface area (Å²) in [6.45, 7) is 2.94. The molecule has 0 radical (unpaired) electrons. The van der Waals surface area contributed by atoms with Gasteiger partial charge in [0.2, 0.25) is 0 Å². The van der Waals surface area contributed by atoms with Gasteiger partial charge < -0.3 is 19.9 Å². The summed E-state index contributed by atoms with van der Waals surface area (Å²) in [6, 6.07) is 14.5. The first kappa shape index (κ1) is 16.4. The molecule has 26 heavy (non-hydrogen) atoms. The summed E-state index contributed by atoms with van der Waals surface area (Å²) in [5.41, 5.74) is 2.23. The first-order chi connectivity index (χ1) is 12.8. The molecular formula is C20H22N4O2. The Labute approximate surface area is 152 Å². The number of aromatic amines is 1. The van der Waals surface area contributed by atoms with Gasteiger partial charge in [0.05, 0.1) is 5.52 Å². The molecule has 6 nitrogen and oxygen atoms in total. The van der Waals surface area contributed by atoms with Crippen LogP contribution in [-0.2, 0) is 16.1 Å². The topological polar surface area (TPSA) is 70.2 Å². The van der Waals surface area contributed by atoms with Crippen molar-refractivity contribution in [1.29, 1.82) is 0 Å². The zero-order valence-electron chi connectivity index (χ0n) is 14.5. The highest BCUT2D eigenvalue weighted by atomic mass is 16.5. The van der Waals surface area contributed by atoms with Gasteiger partial charge in [-0.1, -0.05) is 30.3 Å². The second kappa shape index (κ2) is 7.47. The van der Waals surface area contributed by atoms with Crippen molar-refractivity contribution in [2.24, 2.45) is 0 Å². The van der Waals surface area contributed by atoms with Crippen LogP contribution in [0.3, 0.4) is 0 Å². The van der Waals surface area contributed by atoms with Crippen LogP contribution in [-0.4, -0.2) is 35.6 Å². The number of hydrogen-bond acceptors (Lipinski definition) is 5. The molecule has 1 aromatic carbocycles. The fourth-order valence-corrected chi connectivity index (χ4v) is 3.42. The largest absolute Gasteiger partial charge is 0.464 e. The molecule has 1 aliphatic heterocycles. The van der Waals surface area contributed by atoms with Crippen molar-refractivity contribution in [1.82, 2.24) is 9.97 Å². The van der Waals surface area contributed by atoms with Gasteiger partial charge in [-0.3, -0.25) is 4.79 Å². The second-order valence-electron chi connectivity index (χ2n) is 6.53. The van der Waals surface area contributed by atoms with Crippen LogP contribution < -0.4 is 10.2 Å². The zero-order chi connectivity index (χ0) is 17.8. The molecule has 0 amide bonds. The van der Waals surface area contributed by atoms with Crippen LogP contribution in [0.4, 0.5) is 11.6 Å². The van der Waals surface area contributed by atoms with Crippen molar-refractivity contribution in [2.75, 3.05) is 23.3 Å². The van der Waals surface area contributed by atoms with E-state index in [2.05, 4.69) is 39.5 Å². The predicted molar refractivity (Wildman–Crippen MR) is 102 cm³/mol. The first-order valence-corrected chi connectivity index (χ1v) is 8.93. The van der Waals surface area contributed by atoms with Gasteiger partial charge in [0.15, 0.2) is 5.82 Å². The van der Waals surface area contributed by atoms with Gasteiger partial charge in [-0.05, 0) is 17.7 Å². The van der Waals surface area contributed by atoms with Crippen LogP contribution in [0.1, 0.15) is 18.4 Å². The highest BCUT2D eigenvalue weighted by molar-refractivity contribution is 5.91. The molecule has 0 spiro atoms. The smallest absolute Gasteiger partial charge is 0.293 e. The SMILES string of the molecule is O=COC1CCN(c2cc3cc[nH]c3c(NCc3ccccc3)n2)CC1. The molecule has 0 atom stereocenters. The minimum absolute atomic E-state index is 0.0235. The lowest BCUT2D eigenvalue weighted by Gasteiger charge is -2.32. The lowest BCUT2D eigenvalue weighted by molar-refractivity contribution is -0.134. The van der Waals surface area contributed by atoms with E-state index in [1.54, 1.807) is 0 Å². The third-order valence-electron chi connectivity index (χ3n) is 4.84. The fourth-order valence-electron chi connectivity index (χ4n) is 3.42. The van der Waals surface area contributed by atoms with Crippen molar-refractivity contribution in [3.63, 3.8) is 0 Å². The minimum atomic E-state index is 0.0235. The summed E-state index contributed by atoms with van der Waals surface area (Å²) in [5.74, 6) is 1.81. The lowest BCUT2D eigenvalue weighted by atomic mass is 10.1. The molecule has 3 aromatic rings. The quantitative estimate of drug-likeness (QED) is 0.668. The van der Waals surface area contributed by atoms with Gasteiger partial charge in [0.1, 0.15) is 11.9 Å². The standard InChI is InChI=1S/C20H22N4O2/c25-14-26-17-7-10-24(11-8-17)18-12-16-6-9-21-19(16)20(23-18)22-13-15-4-2-1-3-5-15/h1-6,9,12,14,17,21H,7-8,10-11,13H2,(H,22,23). The number of benzene rings is 1. The lowest BCUT2D eigenvalue weighted by Crippen LogP contribution is -2.37. The Balaban J connectivity index is 1.54. The van der Waals surface area contributed by atoms with E-state index in [0.29, 0.717) is 6.47 Å². The molecular weight excluding hydrogens is 328 g/mol. The van der Waals surface area contributed by atoms with E-state index in [4.69, 9.17) is 9.72 Å². The fraction of sp³-hybridized carbons (Fsp3) is 0.300. The normalized spacial score (nSPS) is 15.2. The Kier molecular flexibility index (Phi) is 4.73. The highest BCUT2D eigenvalue weighted by Gasteiger charge is 2.22. The molecule has 6 heteroatoms. The molecule has 2 N–H and O–H groups in total. The maximum Gasteiger partial charge on any atom is 0.293 e. The van der Waals surface area contributed by atoms with Crippen LogP contribution in [0.15, 0.2) is 48.7 Å². The number of carbonyl (C=O) groups excluding carboxylic acids is 1. The van der Waals surface area contributed by atoms with E-state index in [1.807, 2.05) is 24.4 Å². The third-order valence-corrected chi connectivity index (χ3v) is 4.84. The monoisotopic (exact) mass is 350 g/mol. The second-order valence-corrected chi connectivity index (χ2v) is 6.53. The minimum Gasteiger partial charge on any atom is -0.464 e. The predicted octanol–water partition coefficient (Wildman–Crippen LogP) is 3.32. The molecule has 1 saturated heterocycles. The molecule has 0 unspecified atom stereocenters. The zero-order valence-corrected chi connectivity index (χ0v) is 14.5. The number of H-pyrrole nitrogens is 1. The first-order valence-electron chi connectivity index (χ1n) is 8.93. The molecule has 134 valence electrons. The van der Waals surface area contributed by atoms with Crippen LogP contribution in [0.5, 0.6) is 0 Å². The van der Waals surface area contributed by atoms with Crippen molar-refractivity contribution in [2.45, 2.75) is 25.5 Å². The van der Waals surface area contributed by atoms with E-state index in [9.17, 15) is 4.79 Å². The third kappa shape index (κ3) is 3.49. The number of carbonyl (C=O) groups is 1. The van der Waals surface area contributed by atoms with Crippen molar-refractivity contribution < 1.29 is 9.53 Å².